The van der Waals surface area contributed by atoms with Crippen molar-refractivity contribution in [1.29, 1.82) is 0 Å². The molecule has 2 fully saturated rings. The molecule has 1 aromatic carbocycles. The van der Waals surface area contributed by atoms with E-state index in [-0.39, 0.29) is 11.8 Å². The molecule has 2 amide bonds. The fourth-order valence-corrected chi connectivity index (χ4v) is 4.18. The predicted octanol–water partition coefficient (Wildman–Crippen LogP) is 0.892. The van der Waals surface area contributed by atoms with Gasteiger partial charge in [-0.1, -0.05) is 25.1 Å². The maximum atomic E-state index is 12.8. The highest BCUT2D eigenvalue weighted by Gasteiger charge is 2.67. The fourth-order valence-electron chi connectivity index (χ4n) is 4.18. The monoisotopic (exact) mass is 346 g/mol. The Bertz CT molecular complexity index is 734. The number of fused-ring (bicyclic) bond motifs is 1. The molecular weight excluding hydrogens is 324 g/mol. The molecule has 0 saturated carbocycles. The highest BCUT2D eigenvalue weighted by atomic mass is 16.5. The molecule has 2 heterocycles. The number of ether oxygens (including phenoxy) is 2. The normalized spacial score (nSPS) is 31.2. The van der Waals surface area contributed by atoms with Crippen molar-refractivity contribution in [2.75, 3.05) is 21.3 Å². The third kappa shape index (κ3) is 2.26. The fraction of sp³-hybridized carbons (Fsp3) is 0.500. The lowest BCUT2D eigenvalue weighted by molar-refractivity contribution is -0.154. The Morgan fingerprint density at radius 3 is 2.52 bits per heavy atom. The summed E-state index contributed by atoms with van der Waals surface area (Å²) < 4.78 is 10.4. The summed E-state index contributed by atoms with van der Waals surface area (Å²) in [5.74, 6) is -2.04. The summed E-state index contributed by atoms with van der Waals surface area (Å²) in [7, 11) is 4.30. The zero-order valence-electron chi connectivity index (χ0n) is 14.7. The standard InChI is InChI=1S/C18H22N2O5/c1-5-18(17(23)25-4)13-12(15(21)20(2)16(13)22)14(19-18)10-8-6-7-9-11(10)24-3/h6-9,12-14,19H,5H2,1-4H3/t12-,13-,14-,18-/m0/s1. The quantitative estimate of drug-likeness (QED) is 0.644. The van der Waals surface area contributed by atoms with E-state index in [0.29, 0.717) is 12.2 Å². The third-order valence-corrected chi connectivity index (χ3v) is 5.46. The van der Waals surface area contributed by atoms with Crippen LogP contribution in [0.4, 0.5) is 0 Å². The Kier molecular flexibility index (Phi) is 4.28. The first-order valence-corrected chi connectivity index (χ1v) is 8.23. The number of imide groups is 1. The molecule has 0 aliphatic carbocycles. The maximum absolute atomic E-state index is 12.8. The van der Waals surface area contributed by atoms with Crippen LogP contribution in [0.5, 0.6) is 5.75 Å². The van der Waals surface area contributed by atoms with E-state index < -0.39 is 29.4 Å². The van der Waals surface area contributed by atoms with Gasteiger partial charge < -0.3 is 9.47 Å². The molecule has 4 atom stereocenters. The number of carbonyl (C=O) groups excluding carboxylic acids is 3. The van der Waals surface area contributed by atoms with Crippen LogP contribution < -0.4 is 10.1 Å². The minimum absolute atomic E-state index is 0.294. The molecule has 0 unspecified atom stereocenters. The van der Waals surface area contributed by atoms with E-state index in [1.54, 1.807) is 13.2 Å². The average Bonchev–Trinajstić information content (AvgIpc) is 3.11. The first-order chi connectivity index (χ1) is 11.9. The molecule has 25 heavy (non-hydrogen) atoms. The van der Waals surface area contributed by atoms with E-state index in [1.807, 2.05) is 25.1 Å². The summed E-state index contributed by atoms with van der Waals surface area (Å²) in [6.07, 6.45) is 0.333. The van der Waals surface area contributed by atoms with Crippen LogP contribution in [0.1, 0.15) is 24.9 Å². The second-order valence-electron chi connectivity index (χ2n) is 6.42. The van der Waals surface area contributed by atoms with Crippen LogP contribution in [0, 0.1) is 11.8 Å². The van der Waals surface area contributed by atoms with Crippen molar-refractivity contribution in [3.8, 4) is 5.75 Å². The van der Waals surface area contributed by atoms with Crippen LogP contribution in [-0.2, 0) is 19.1 Å². The molecular formula is C18H22N2O5. The van der Waals surface area contributed by atoms with Gasteiger partial charge in [-0.05, 0) is 12.5 Å². The number of hydrogen-bond donors (Lipinski definition) is 1. The smallest absolute Gasteiger partial charge is 0.326 e. The van der Waals surface area contributed by atoms with E-state index in [9.17, 15) is 14.4 Å². The Balaban J connectivity index is 2.17. The Morgan fingerprint density at radius 2 is 1.92 bits per heavy atom. The molecule has 0 radical (unpaired) electrons. The zero-order chi connectivity index (χ0) is 18.4. The van der Waals surface area contributed by atoms with E-state index in [4.69, 9.17) is 9.47 Å². The van der Waals surface area contributed by atoms with Crippen molar-refractivity contribution < 1.29 is 23.9 Å². The van der Waals surface area contributed by atoms with Gasteiger partial charge in [0.1, 0.15) is 11.3 Å². The Morgan fingerprint density at radius 1 is 1.24 bits per heavy atom. The minimum atomic E-state index is -1.23. The summed E-state index contributed by atoms with van der Waals surface area (Å²) in [4.78, 5) is 39.2. The van der Waals surface area contributed by atoms with E-state index in [1.165, 1.54) is 14.2 Å². The number of nitrogens with one attached hydrogen (secondary N) is 1. The van der Waals surface area contributed by atoms with Crippen LogP contribution in [0.25, 0.3) is 0 Å². The average molecular weight is 346 g/mol. The van der Waals surface area contributed by atoms with Crippen molar-refractivity contribution >= 4 is 17.8 Å². The van der Waals surface area contributed by atoms with Gasteiger partial charge in [0.25, 0.3) is 0 Å². The first-order valence-electron chi connectivity index (χ1n) is 8.23. The van der Waals surface area contributed by atoms with Gasteiger partial charge in [-0.15, -0.1) is 0 Å². The van der Waals surface area contributed by atoms with Crippen LogP contribution in [0.3, 0.4) is 0 Å². The first kappa shape index (κ1) is 17.4. The number of carbonyl (C=O) groups is 3. The molecule has 2 aliphatic rings. The lowest BCUT2D eigenvalue weighted by Gasteiger charge is -2.31. The minimum Gasteiger partial charge on any atom is -0.496 e. The number of benzene rings is 1. The maximum Gasteiger partial charge on any atom is 0.326 e. The van der Waals surface area contributed by atoms with Crippen LogP contribution in [0.15, 0.2) is 24.3 Å². The van der Waals surface area contributed by atoms with Crippen molar-refractivity contribution in [3.05, 3.63) is 29.8 Å². The number of esters is 1. The molecule has 2 aliphatic heterocycles. The van der Waals surface area contributed by atoms with Gasteiger partial charge in [0.15, 0.2) is 0 Å². The molecule has 134 valence electrons. The van der Waals surface area contributed by atoms with Gasteiger partial charge in [-0.3, -0.25) is 24.6 Å². The number of methoxy groups -OCH3 is 2. The van der Waals surface area contributed by atoms with Gasteiger partial charge in [0.2, 0.25) is 11.8 Å². The van der Waals surface area contributed by atoms with E-state index >= 15 is 0 Å². The summed E-state index contributed by atoms with van der Waals surface area (Å²) in [6.45, 7) is 1.81. The molecule has 7 nitrogen and oxygen atoms in total. The van der Waals surface area contributed by atoms with Gasteiger partial charge in [-0.25, -0.2) is 0 Å². The molecule has 0 bridgehead atoms. The third-order valence-electron chi connectivity index (χ3n) is 5.46. The van der Waals surface area contributed by atoms with E-state index in [0.717, 1.165) is 10.5 Å². The highest BCUT2D eigenvalue weighted by Crippen LogP contribution is 2.51. The number of likely N-dealkylation sites (tertiary alicyclic amines) is 1. The van der Waals surface area contributed by atoms with Crippen molar-refractivity contribution in [3.63, 3.8) is 0 Å². The summed E-state index contributed by atoms with van der Waals surface area (Å²) in [5, 5.41) is 3.26. The second kappa shape index (κ2) is 6.15. The lowest BCUT2D eigenvalue weighted by atomic mass is 9.78. The second-order valence-corrected chi connectivity index (χ2v) is 6.42. The predicted molar refractivity (Wildman–Crippen MR) is 88.7 cm³/mol. The topological polar surface area (TPSA) is 84.9 Å². The lowest BCUT2D eigenvalue weighted by Crippen LogP contribution is -2.55. The van der Waals surface area contributed by atoms with Gasteiger partial charge in [0.05, 0.1) is 26.1 Å². The number of amides is 2. The van der Waals surface area contributed by atoms with Crippen LogP contribution in [0.2, 0.25) is 0 Å². The molecule has 0 aromatic heterocycles. The van der Waals surface area contributed by atoms with Crippen molar-refractivity contribution in [2.24, 2.45) is 11.8 Å². The molecule has 0 spiro atoms. The number of para-hydroxylation sites is 1. The largest absolute Gasteiger partial charge is 0.496 e. The Labute approximate surface area is 146 Å². The van der Waals surface area contributed by atoms with Crippen molar-refractivity contribution in [2.45, 2.75) is 24.9 Å². The van der Waals surface area contributed by atoms with Crippen LogP contribution in [-0.4, -0.2) is 49.5 Å². The van der Waals surface area contributed by atoms with Gasteiger partial charge >= 0.3 is 5.97 Å². The molecule has 7 heteroatoms. The van der Waals surface area contributed by atoms with Crippen LogP contribution >= 0.6 is 0 Å². The molecule has 3 rings (SSSR count). The van der Waals surface area contributed by atoms with Gasteiger partial charge in [0, 0.05) is 18.7 Å². The SMILES string of the molecule is CC[C@]1(C(=O)OC)N[C@@H](c2ccccc2OC)[C@H]2C(=O)N(C)C(=O)[C@H]21. The van der Waals surface area contributed by atoms with Gasteiger partial charge in [-0.2, -0.15) is 0 Å². The summed E-state index contributed by atoms with van der Waals surface area (Å²) in [6, 6.07) is 6.79. The summed E-state index contributed by atoms with van der Waals surface area (Å²) in [5.41, 5.74) is -0.488. The van der Waals surface area contributed by atoms with Crippen molar-refractivity contribution in [1.82, 2.24) is 10.2 Å². The highest BCUT2D eigenvalue weighted by molar-refractivity contribution is 6.09. The molecule has 1 aromatic rings. The zero-order valence-corrected chi connectivity index (χ0v) is 14.7. The molecule has 2 saturated heterocycles. The van der Waals surface area contributed by atoms with E-state index in [2.05, 4.69) is 5.32 Å². The number of rotatable bonds is 4. The number of hydrogen-bond acceptors (Lipinski definition) is 6. The molecule has 1 N–H and O–H groups in total. The number of nitrogens with zero attached hydrogens (tertiary/aromatic N) is 1. The Hall–Kier alpha value is -2.41. The summed E-state index contributed by atoms with van der Waals surface area (Å²) >= 11 is 0.